The van der Waals surface area contributed by atoms with Crippen molar-refractivity contribution in [1.29, 1.82) is 0 Å². The van der Waals surface area contributed by atoms with Gasteiger partial charge < -0.3 is 4.74 Å². The molecule has 0 N–H and O–H groups in total. The Balaban J connectivity index is 1.72. The van der Waals surface area contributed by atoms with E-state index in [0.717, 1.165) is 11.1 Å². The molecule has 2 aromatic rings. The molecule has 27 heavy (non-hydrogen) atoms. The highest BCUT2D eigenvalue weighted by Crippen LogP contribution is 2.13. The fourth-order valence-corrected chi connectivity index (χ4v) is 3.83. The first-order valence-electron chi connectivity index (χ1n) is 8.83. The number of Topliss-reactive ketones (excluding diaryl/α,β-unsaturated/α-hetero) is 1. The Labute approximate surface area is 160 Å². The molecule has 0 radical (unpaired) electrons. The highest BCUT2D eigenvalue weighted by molar-refractivity contribution is 7.91. The van der Waals surface area contributed by atoms with Crippen LogP contribution in [0.1, 0.15) is 40.7 Å². The maximum atomic E-state index is 12.1. The van der Waals surface area contributed by atoms with Gasteiger partial charge in [0.15, 0.2) is 15.6 Å². The molecule has 2 rings (SSSR count). The highest BCUT2D eigenvalue weighted by atomic mass is 32.2. The summed E-state index contributed by atoms with van der Waals surface area (Å²) in [7, 11) is -3.37. The predicted octanol–water partition coefficient (Wildman–Crippen LogP) is 3.67. The summed E-state index contributed by atoms with van der Waals surface area (Å²) in [5.74, 6) is -0.697. The summed E-state index contributed by atoms with van der Waals surface area (Å²) in [5.41, 5.74) is 2.72. The number of benzene rings is 2. The van der Waals surface area contributed by atoms with Gasteiger partial charge >= 0.3 is 5.97 Å². The minimum atomic E-state index is -3.37. The van der Waals surface area contributed by atoms with Gasteiger partial charge in [-0.15, -0.1) is 0 Å². The third kappa shape index (κ3) is 6.32. The van der Waals surface area contributed by atoms with E-state index < -0.39 is 15.8 Å². The molecule has 0 unspecified atom stereocenters. The minimum absolute atomic E-state index is 0.0166. The molecular formula is C21H24O5S. The van der Waals surface area contributed by atoms with Gasteiger partial charge in [-0.1, -0.05) is 30.3 Å². The molecule has 0 heterocycles. The molecule has 0 spiro atoms. The van der Waals surface area contributed by atoms with E-state index in [-0.39, 0.29) is 42.3 Å². The van der Waals surface area contributed by atoms with E-state index in [2.05, 4.69) is 0 Å². The number of carbonyl (C=O) groups is 2. The molecule has 0 aromatic heterocycles. The van der Waals surface area contributed by atoms with Gasteiger partial charge in [-0.3, -0.25) is 9.59 Å². The van der Waals surface area contributed by atoms with Crippen LogP contribution in [0.3, 0.4) is 0 Å². The molecule has 0 aliphatic carbocycles. The molecule has 0 bridgehead atoms. The highest BCUT2D eigenvalue weighted by Gasteiger charge is 2.14. The van der Waals surface area contributed by atoms with Gasteiger partial charge in [-0.05, 0) is 49.6 Å². The lowest BCUT2D eigenvalue weighted by atomic mass is 10.0. The van der Waals surface area contributed by atoms with E-state index in [9.17, 15) is 18.0 Å². The zero-order chi connectivity index (χ0) is 19.9. The molecular weight excluding hydrogens is 364 g/mol. The van der Waals surface area contributed by atoms with Crippen LogP contribution in [-0.4, -0.2) is 32.5 Å². The number of aryl methyl sites for hydroxylation is 2. The van der Waals surface area contributed by atoms with Crippen molar-refractivity contribution in [3.05, 3.63) is 65.2 Å². The minimum Gasteiger partial charge on any atom is -0.466 e. The molecule has 0 aliphatic heterocycles. The Bertz CT molecular complexity index is 901. The van der Waals surface area contributed by atoms with Crippen LogP contribution in [0.25, 0.3) is 0 Å². The largest absolute Gasteiger partial charge is 0.466 e. The average molecular weight is 388 g/mol. The number of hydrogen-bond acceptors (Lipinski definition) is 5. The molecule has 0 atom stereocenters. The van der Waals surface area contributed by atoms with Crippen molar-refractivity contribution in [1.82, 2.24) is 0 Å². The van der Waals surface area contributed by atoms with Gasteiger partial charge in [0.2, 0.25) is 0 Å². The average Bonchev–Trinajstić information content (AvgIpc) is 2.66. The van der Waals surface area contributed by atoms with Crippen LogP contribution >= 0.6 is 0 Å². The van der Waals surface area contributed by atoms with Crippen LogP contribution in [0.4, 0.5) is 0 Å². The second kappa shape index (κ2) is 9.46. The molecule has 5 nitrogen and oxygen atoms in total. The SMILES string of the molecule is Cc1ccc(C(=O)CCC(=O)OCCCS(=O)(=O)c2ccccc2)cc1C. The zero-order valence-electron chi connectivity index (χ0n) is 15.6. The Morgan fingerprint density at radius 2 is 1.63 bits per heavy atom. The maximum absolute atomic E-state index is 12.1. The van der Waals surface area contributed by atoms with Crippen LogP contribution in [0.15, 0.2) is 53.4 Å². The van der Waals surface area contributed by atoms with Crippen molar-refractivity contribution in [3.63, 3.8) is 0 Å². The summed E-state index contributed by atoms with van der Waals surface area (Å²) in [5, 5.41) is 0. The van der Waals surface area contributed by atoms with E-state index >= 15 is 0 Å². The Morgan fingerprint density at radius 1 is 0.926 bits per heavy atom. The van der Waals surface area contributed by atoms with Crippen molar-refractivity contribution in [2.75, 3.05) is 12.4 Å². The summed E-state index contributed by atoms with van der Waals surface area (Å²) in [4.78, 5) is 24.2. The van der Waals surface area contributed by atoms with Crippen molar-refractivity contribution in [2.45, 2.75) is 38.0 Å². The number of ketones is 1. The van der Waals surface area contributed by atoms with E-state index in [0.29, 0.717) is 5.56 Å². The fourth-order valence-electron chi connectivity index (χ4n) is 2.53. The number of rotatable bonds is 9. The fraction of sp³-hybridized carbons (Fsp3) is 0.333. The zero-order valence-corrected chi connectivity index (χ0v) is 16.4. The first-order chi connectivity index (χ1) is 12.8. The molecule has 0 aliphatic rings. The lowest BCUT2D eigenvalue weighted by molar-refractivity contribution is -0.143. The summed E-state index contributed by atoms with van der Waals surface area (Å²) >= 11 is 0. The van der Waals surface area contributed by atoms with Gasteiger partial charge in [-0.2, -0.15) is 0 Å². The molecule has 0 amide bonds. The second-order valence-electron chi connectivity index (χ2n) is 6.43. The third-order valence-corrected chi connectivity index (χ3v) is 6.12. The predicted molar refractivity (Wildman–Crippen MR) is 104 cm³/mol. The number of esters is 1. The molecule has 0 saturated heterocycles. The van der Waals surface area contributed by atoms with Crippen LogP contribution in [0.2, 0.25) is 0 Å². The van der Waals surface area contributed by atoms with Gasteiger partial charge in [-0.25, -0.2) is 8.42 Å². The number of carbonyl (C=O) groups excluding carboxylic acids is 2. The molecule has 2 aromatic carbocycles. The summed E-state index contributed by atoms with van der Waals surface area (Å²) < 4.78 is 29.3. The molecule has 144 valence electrons. The first-order valence-corrected chi connectivity index (χ1v) is 10.5. The van der Waals surface area contributed by atoms with E-state index in [4.69, 9.17) is 4.74 Å². The van der Waals surface area contributed by atoms with Crippen LogP contribution in [0, 0.1) is 13.8 Å². The maximum Gasteiger partial charge on any atom is 0.306 e. The van der Waals surface area contributed by atoms with E-state index in [1.807, 2.05) is 26.0 Å². The van der Waals surface area contributed by atoms with E-state index in [1.54, 1.807) is 36.4 Å². The topological polar surface area (TPSA) is 77.5 Å². The monoisotopic (exact) mass is 388 g/mol. The second-order valence-corrected chi connectivity index (χ2v) is 8.54. The molecule has 0 saturated carbocycles. The van der Waals surface area contributed by atoms with Crippen LogP contribution in [0.5, 0.6) is 0 Å². The van der Waals surface area contributed by atoms with Gasteiger partial charge in [0.1, 0.15) is 0 Å². The van der Waals surface area contributed by atoms with Crippen molar-refractivity contribution >= 4 is 21.6 Å². The smallest absolute Gasteiger partial charge is 0.306 e. The molecule has 0 fully saturated rings. The van der Waals surface area contributed by atoms with Crippen LogP contribution < -0.4 is 0 Å². The lowest BCUT2D eigenvalue weighted by Crippen LogP contribution is -2.13. The summed E-state index contributed by atoms with van der Waals surface area (Å²) in [6.07, 6.45) is 0.273. The van der Waals surface area contributed by atoms with E-state index in [1.165, 1.54) is 0 Å². The number of hydrogen-bond donors (Lipinski definition) is 0. The number of sulfone groups is 1. The Kier molecular flexibility index (Phi) is 7.30. The van der Waals surface area contributed by atoms with Crippen LogP contribution in [-0.2, 0) is 19.4 Å². The summed E-state index contributed by atoms with van der Waals surface area (Å²) in [6.45, 7) is 3.92. The van der Waals surface area contributed by atoms with Gasteiger partial charge in [0.05, 0.1) is 23.7 Å². The number of ether oxygens (including phenoxy) is 1. The van der Waals surface area contributed by atoms with Gasteiger partial charge in [0, 0.05) is 12.0 Å². The molecule has 6 heteroatoms. The van der Waals surface area contributed by atoms with Crippen molar-refractivity contribution in [2.24, 2.45) is 0 Å². The quantitative estimate of drug-likeness (QED) is 0.372. The first kappa shape index (κ1) is 20.8. The van der Waals surface area contributed by atoms with Crippen molar-refractivity contribution < 1.29 is 22.7 Å². The standard InChI is InChI=1S/C21H24O5S/c1-16-9-10-18(15-17(16)2)20(22)11-12-21(23)26-13-6-14-27(24,25)19-7-4-3-5-8-19/h3-5,7-10,15H,6,11-14H2,1-2H3. The Hall–Kier alpha value is -2.47. The van der Waals surface area contributed by atoms with Gasteiger partial charge in [0.25, 0.3) is 0 Å². The Morgan fingerprint density at radius 3 is 2.30 bits per heavy atom. The van der Waals surface area contributed by atoms with Crippen molar-refractivity contribution in [3.8, 4) is 0 Å². The third-order valence-electron chi connectivity index (χ3n) is 4.31. The normalized spacial score (nSPS) is 11.2. The summed E-state index contributed by atoms with van der Waals surface area (Å²) in [6, 6.07) is 13.6. The lowest BCUT2D eigenvalue weighted by Gasteiger charge is -2.07.